The van der Waals surface area contributed by atoms with Gasteiger partial charge < -0.3 is 20.4 Å². The van der Waals surface area contributed by atoms with Gasteiger partial charge in [0.25, 0.3) is 0 Å². The summed E-state index contributed by atoms with van der Waals surface area (Å²) in [6.45, 7) is 10.2. The summed E-state index contributed by atoms with van der Waals surface area (Å²) in [6, 6.07) is 0. The molecule has 0 aromatic heterocycles. The number of hydrogen-bond acceptors (Lipinski definition) is 6. The Bertz CT molecular complexity index is 597. The second-order valence-corrected chi connectivity index (χ2v) is 8.20. The van der Waals surface area contributed by atoms with Crippen LogP contribution in [-0.4, -0.2) is 99.7 Å². The lowest BCUT2D eigenvalue weighted by Gasteiger charge is -2.31. The first-order valence-electron chi connectivity index (χ1n) is 10.4. The number of nitrogens with zero attached hydrogens (tertiary/aromatic N) is 2. The number of amides is 2. The lowest BCUT2D eigenvalue weighted by molar-refractivity contribution is -0.136. The van der Waals surface area contributed by atoms with Gasteiger partial charge >= 0.3 is 0 Å². The Balaban J connectivity index is 4.93. The molecule has 0 aromatic carbocycles. The predicted octanol–water partition coefficient (Wildman–Crippen LogP) is -1.73. The first-order chi connectivity index (χ1) is 13.4. The van der Waals surface area contributed by atoms with E-state index in [9.17, 15) is 19.2 Å². The summed E-state index contributed by atoms with van der Waals surface area (Å²) in [5, 5.41) is 6.13. The van der Waals surface area contributed by atoms with Crippen LogP contribution in [0.5, 0.6) is 0 Å². The number of likely N-dealkylation sites (N-methyl/N-ethyl adjacent to an activating group) is 2. The highest BCUT2D eigenvalue weighted by molar-refractivity contribution is 6.20. The van der Waals surface area contributed by atoms with E-state index in [1.165, 1.54) is 9.80 Å². The summed E-state index contributed by atoms with van der Waals surface area (Å²) in [7, 11) is 5.24. The molecular weight excluding hydrogens is 370 g/mol. The third-order valence-corrected chi connectivity index (χ3v) is 5.33. The van der Waals surface area contributed by atoms with Crippen molar-refractivity contribution in [2.75, 3.05) is 39.8 Å². The van der Waals surface area contributed by atoms with Crippen molar-refractivity contribution in [1.82, 2.24) is 20.4 Å². The van der Waals surface area contributed by atoms with Gasteiger partial charge in [0.1, 0.15) is 15.7 Å². The first-order valence-corrected chi connectivity index (χ1v) is 10.4. The first kappa shape index (κ1) is 27.3. The molecule has 10 heteroatoms. The van der Waals surface area contributed by atoms with Crippen LogP contribution in [0.25, 0.3) is 0 Å². The number of hydrogen-bond donors (Lipinski definition) is 2. The highest BCUT2D eigenvalue weighted by atomic mass is 16.2. The molecule has 29 heavy (non-hydrogen) atoms. The maximum absolute atomic E-state index is 12.7. The van der Waals surface area contributed by atoms with Crippen molar-refractivity contribution >= 4 is 39.1 Å². The van der Waals surface area contributed by atoms with E-state index in [1.54, 1.807) is 50.4 Å². The maximum Gasteiger partial charge on any atom is 0.215 e. The molecule has 0 rings (SSSR count). The van der Waals surface area contributed by atoms with Crippen molar-refractivity contribution < 1.29 is 19.2 Å². The highest BCUT2D eigenvalue weighted by Crippen LogP contribution is 2.08. The van der Waals surface area contributed by atoms with Crippen LogP contribution in [0.1, 0.15) is 34.6 Å². The van der Waals surface area contributed by atoms with Crippen molar-refractivity contribution in [3.63, 3.8) is 0 Å². The van der Waals surface area contributed by atoms with E-state index in [4.69, 9.17) is 0 Å². The molecule has 0 heterocycles. The number of carbonyl (C=O) groups excluding carboxylic acids is 4. The number of rotatable bonds is 14. The van der Waals surface area contributed by atoms with E-state index in [0.717, 1.165) is 0 Å². The third-order valence-electron chi connectivity index (χ3n) is 5.33. The van der Waals surface area contributed by atoms with Gasteiger partial charge in [0.2, 0.25) is 11.8 Å². The molecule has 0 atom stereocenters. The van der Waals surface area contributed by atoms with Crippen LogP contribution >= 0.6 is 0 Å². The highest BCUT2D eigenvalue weighted by Gasteiger charge is 2.31. The molecule has 0 saturated heterocycles. The monoisotopic (exact) mass is 408 g/mol. The molecular formula is C19H38B2N4O4. The van der Waals surface area contributed by atoms with E-state index in [2.05, 4.69) is 10.6 Å². The molecule has 0 aliphatic heterocycles. The van der Waals surface area contributed by atoms with Gasteiger partial charge in [-0.3, -0.25) is 19.2 Å². The van der Waals surface area contributed by atoms with Crippen LogP contribution in [0.15, 0.2) is 0 Å². The Morgan fingerprint density at radius 3 is 1.72 bits per heavy atom. The number of nitrogens with one attached hydrogen (secondary N) is 2. The summed E-state index contributed by atoms with van der Waals surface area (Å²) in [4.78, 5) is 52.4. The second-order valence-electron chi connectivity index (χ2n) is 8.20. The largest absolute Gasteiger partial charge is 0.336 e. The van der Waals surface area contributed by atoms with Crippen LogP contribution in [-0.2, 0) is 19.2 Å². The Kier molecular flexibility index (Phi) is 11.4. The minimum Gasteiger partial charge on any atom is -0.336 e. The minimum atomic E-state index is -0.851. The summed E-state index contributed by atoms with van der Waals surface area (Å²) in [5.74, 6) is -0.334. The molecule has 0 aliphatic rings. The molecule has 0 bridgehead atoms. The van der Waals surface area contributed by atoms with Gasteiger partial charge in [0.15, 0.2) is 11.6 Å². The standard InChI is InChI=1S/C19H38B2N4O4/c1-7-24(16(28)10-20)12-15(27)19(4,5)23-8-9-25(17(29)11-21)13-14(26)18(2,3)22-6/h22-23H,7-13,20-21H2,1-6H3. The van der Waals surface area contributed by atoms with Gasteiger partial charge in [-0.05, 0) is 54.3 Å². The Morgan fingerprint density at radius 2 is 1.28 bits per heavy atom. The fourth-order valence-corrected chi connectivity index (χ4v) is 2.60. The van der Waals surface area contributed by atoms with E-state index < -0.39 is 11.1 Å². The molecule has 8 nitrogen and oxygen atoms in total. The third kappa shape index (κ3) is 8.70. The van der Waals surface area contributed by atoms with Crippen LogP contribution in [0.4, 0.5) is 0 Å². The summed E-state index contributed by atoms with van der Waals surface area (Å²) in [5.41, 5.74) is -1.57. The van der Waals surface area contributed by atoms with Gasteiger partial charge in [-0.25, -0.2) is 0 Å². The van der Waals surface area contributed by atoms with Crippen molar-refractivity contribution in [3.05, 3.63) is 0 Å². The smallest absolute Gasteiger partial charge is 0.215 e. The van der Waals surface area contributed by atoms with Crippen LogP contribution in [0.2, 0.25) is 12.6 Å². The van der Waals surface area contributed by atoms with E-state index in [0.29, 0.717) is 32.3 Å². The Morgan fingerprint density at radius 1 is 0.828 bits per heavy atom. The molecule has 2 amide bonds. The number of ketones is 2. The van der Waals surface area contributed by atoms with Crippen molar-refractivity contribution in [2.24, 2.45) is 0 Å². The molecule has 0 unspecified atom stereocenters. The Hall–Kier alpha value is -1.67. The average Bonchev–Trinajstić information content (AvgIpc) is 2.69. The topological polar surface area (TPSA) is 98.8 Å². The molecule has 0 aliphatic carbocycles. The zero-order valence-electron chi connectivity index (χ0n) is 19.5. The lowest BCUT2D eigenvalue weighted by atomic mass is 9.97. The molecule has 0 saturated carbocycles. The van der Waals surface area contributed by atoms with Gasteiger partial charge in [-0.15, -0.1) is 0 Å². The predicted molar refractivity (Wildman–Crippen MR) is 121 cm³/mol. The van der Waals surface area contributed by atoms with Gasteiger partial charge in [0.05, 0.1) is 24.2 Å². The second kappa shape index (κ2) is 12.1. The molecule has 0 radical (unpaired) electrons. The van der Waals surface area contributed by atoms with Crippen LogP contribution in [0.3, 0.4) is 0 Å². The zero-order valence-corrected chi connectivity index (χ0v) is 19.5. The van der Waals surface area contributed by atoms with E-state index in [1.807, 2.05) is 6.92 Å². The number of carbonyl (C=O) groups is 4. The quantitative estimate of drug-likeness (QED) is 0.332. The molecule has 2 N–H and O–H groups in total. The van der Waals surface area contributed by atoms with Crippen molar-refractivity contribution in [3.8, 4) is 0 Å². The lowest BCUT2D eigenvalue weighted by Crippen LogP contribution is -2.55. The normalized spacial score (nSPS) is 11.8. The average molecular weight is 408 g/mol. The van der Waals surface area contributed by atoms with Gasteiger partial charge in [-0.1, -0.05) is 0 Å². The van der Waals surface area contributed by atoms with Gasteiger partial charge in [0, 0.05) is 19.6 Å². The van der Waals surface area contributed by atoms with Crippen LogP contribution in [0, 0.1) is 0 Å². The summed E-state index contributed by atoms with van der Waals surface area (Å²) >= 11 is 0. The molecule has 0 fully saturated rings. The van der Waals surface area contributed by atoms with Gasteiger partial charge in [-0.2, -0.15) is 0 Å². The summed E-state index contributed by atoms with van der Waals surface area (Å²) < 4.78 is 0. The van der Waals surface area contributed by atoms with E-state index >= 15 is 0 Å². The molecule has 164 valence electrons. The van der Waals surface area contributed by atoms with Crippen molar-refractivity contribution in [2.45, 2.75) is 58.3 Å². The minimum absolute atomic E-state index is 0.0190. The SMILES string of the molecule is BCC(=O)N(CCNC(C)(C)C(=O)CN(CC)C(=O)CB)CC(=O)C(C)(C)NC. The fourth-order valence-electron chi connectivity index (χ4n) is 2.60. The zero-order chi connectivity index (χ0) is 22.8. The van der Waals surface area contributed by atoms with Crippen LogP contribution < -0.4 is 10.6 Å². The molecule has 0 aromatic rings. The maximum atomic E-state index is 12.7. The molecule has 0 spiro atoms. The van der Waals surface area contributed by atoms with E-state index in [-0.39, 0.29) is 36.5 Å². The van der Waals surface area contributed by atoms with Crippen molar-refractivity contribution in [1.29, 1.82) is 0 Å². The number of Topliss-reactive ketones (excluding diaryl/α,β-unsaturated/α-hetero) is 2. The summed E-state index contributed by atoms with van der Waals surface area (Å²) in [6.07, 6.45) is 0.667. The Labute approximate surface area is 177 Å². The fraction of sp³-hybridized carbons (Fsp3) is 0.789.